The van der Waals surface area contributed by atoms with Crippen LogP contribution < -0.4 is 0 Å². The molecule has 1 fully saturated rings. The van der Waals surface area contributed by atoms with E-state index in [1.165, 1.54) is 12.1 Å². The van der Waals surface area contributed by atoms with Crippen molar-refractivity contribution in [2.45, 2.75) is 25.0 Å². The van der Waals surface area contributed by atoms with E-state index < -0.39 is 17.7 Å². The van der Waals surface area contributed by atoms with E-state index in [9.17, 15) is 8.78 Å². The summed E-state index contributed by atoms with van der Waals surface area (Å²) >= 11 is 0. The van der Waals surface area contributed by atoms with Gasteiger partial charge in [-0.2, -0.15) is 0 Å². The molecule has 1 unspecified atom stereocenters. The van der Waals surface area contributed by atoms with Gasteiger partial charge in [-0.05, 0) is 38.1 Å². The molecule has 6 heteroatoms. The van der Waals surface area contributed by atoms with E-state index >= 15 is 0 Å². The van der Waals surface area contributed by atoms with Crippen molar-refractivity contribution in [1.29, 1.82) is 0 Å². The molecule has 26 heavy (non-hydrogen) atoms. The van der Waals surface area contributed by atoms with Gasteiger partial charge in [0.05, 0.1) is 17.1 Å². The Morgan fingerprint density at radius 2 is 1.92 bits per heavy atom. The highest BCUT2D eigenvalue weighted by Gasteiger charge is 2.28. The maximum Gasteiger partial charge on any atom is 0.143 e. The Hall–Kier alpha value is -2.31. The molecule has 136 valence electrons. The number of ether oxygens (including phenoxy) is 1. The van der Waals surface area contributed by atoms with Gasteiger partial charge < -0.3 is 14.6 Å². The lowest BCUT2D eigenvalue weighted by Crippen LogP contribution is -2.35. The summed E-state index contributed by atoms with van der Waals surface area (Å²) in [6.07, 6.45) is 1.05. The molecule has 1 saturated heterocycles. The number of nitrogens with one attached hydrogen (secondary N) is 1. The van der Waals surface area contributed by atoms with Crippen LogP contribution in [0.15, 0.2) is 42.5 Å². The molecule has 0 aliphatic carbocycles. The van der Waals surface area contributed by atoms with Crippen LogP contribution in [0.2, 0.25) is 0 Å². The fourth-order valence-corrected chi connectivity index (χ4v) is 3.41. The number of likely N-dealkylation sites (tertiary alicyclic amines) is 1. The van der Waals surface area contributed by atoms with Gasteiger partial charge in [-0.1, -0.05) is 18.2 Å². The largest absolute Gasteiger partial charge is 0.362 e. The predicted octanol–water partition coefficient (Wildman–Crippen LogP) is 4.04. The lowest BCUT2D eigenvalue weighted by Gasteiger charge is -2.31. The summed E-state index contributed by atoms with van der Waals surface area (Å²) in [6, 6.07) is 11.2. The zero-order valence-corrected chi connectivity index (χ0v) is 14.6. The molecule has 1 aliphatic heterocycles. The van der Waals surface area contributed by atoms with E-state index in [-0.39, 0.29) is 6.10 Å². The van der Waals surface area contributed by atoms with Crippen molar-refractivity contribution in [3.05, 3.63) is 65.5 Å². The minimum atomic E-state index is -0.698. The maximum absolute atomic E-state index is 14.5. The minimum absolute atomic E-state index is 0.00821. The number of hydrogen-bond donors (Lipinski definition) is 1. The number of piperidine rings is 1. The highest BCUT2D eigenvalue weighted by atomic mass is 19.1. The summed E-state index contributed by atoms with van der Waals surface area (Å²) in [4.78, 5) is 10.1. The molecule has 1 atom stereocenters. The molecular weight excluding hydrogens is 336 g/mol. The van der Waals surface area contributed by atoms with Gasteiger partial charge in [-0.25, -0.2) is 13.8 Å². The normalized spacial score (nSPS) is 17.7. The molecule has 1 aromatic heterocycles. The smallest absolute Gasteiger partial charge is 0.143 e. The Morgan fingerprint density at radius 3 is 2.65 bits per heavy atom. The average Bonchev–Trinajstić information content (AvgIpc) is 3.06. The summed E-state index contributed by atoms with van der Waals surface area (Å²) in [7, 11) is 2.08. The fourth-order valence-electron chi connectivity index (χ4n) is 3.41. The van der Waals surface area contributed by atoms with E-state index in [4.69, 9.17) is 4.74 Å². The first-order valence-corrected chi connectivity index (χ1v) is 8.84. The molecule has 0 saturated carbocycles. The number of benzene rings is 2. The van der Waals surface area contributed by atoms with Crippen molar-refractivity contribution in [2.24, 2.45) is 0 Å². The van der Waals surface area contributed by atoms with Crippen LogP contribution >= 0.6 is 0 Å². The van der Waals surface area contributed by atoms with Crippen molar-refractivity contribution >= 4 is 11.0 Å². The number of H-pyrrole nitrogens is 1. The highest BCUT2D eigenvalue weighted by molar-refractivity contribution is 5.74. The predicted molar refractivity (Wildman–Crippen MR) is 95.9 cm³/mol. The quantitative estimate of drug-likeness (QED) is 0.766. The van der Waals surface area contributed by atoms with Gasteiger partial charge in [0, 0.05) is 24.7 Å². The van der Waals surface area contributed by atoms with E-state index in [1.807, 2.05) is 24.3 Å². The fraction of sp³-hybridized carbons (Fsp3) is 0.350. The molecule has 2 aromatic carbocycles. The highest BCUT2D eigenvalue weighted by Crippen LogP contribution is 2.31. The third kappa shape index (κ3) is 3.48. The number of nitrogens with zero attached hydrogens (tertiary/aromatic N) is 2. The van der Waals surface area contributed by atoms with Gasteiger partial charge in [-0.15, -0.1) is 0 Å². The SMILES string of the molecule is CN1CCC(OC(c2nc3ccccc3[nH]2)c2ccc(F)cc2F)CC1. The molecule has 4 rings (SSSR count). The molecule has 1 N–H and O–H groups in total. The van der Waals surface area contributed by atoms with Gasteiger partial charge in [-0.3, -0.25) is 0 Å². The van der Waals surface area contributed by atoms with Crippen LogP contribution in [0.5, 0.6) is 0 Å². The second-order valence-electron chi connectivity index (χ2n) is 6.82. The number of fused-ring (bicyclic) bond motifs is 1. The van der Waals surface area contributed by atoms with Crippen LogP contribution in [0.4, 0.5) is 8.78 Å². The zero-order chi connectivity index (χ0) is 18.1. The molecule has 4 nitrogen and oxygen atoms in total. The summed E-state index contributed by atoms with van der Waals surface area (Å²) in [5, 5.41) is 0. The second kappa shape index (κ2) is 7.13. The molecule has 0 amide bonds. The number of aromatic nitrogens is 2. The van der Waals surface area contributed by atoms with Crippen LogP contribution in [0.1, 0.15) is 30.3 Å². The van der Waals surface area contributed by atoms with Crippen LogP contribution in [-0.2, 0) is 4.74 Å². The zero-order valence-electron chi connectivity index (χ0n) is 14.6. The van der Waals surface area contributed by atoms with Crippen LogP contribution in [0, 0.1) is 11.6 Å². The topological polar surface area (TPSA) is 41.1 Å². The Labute approximate surface area is 150 Å². The Kier molecular flexibility index (Phi) is 4.70. The molecule has 0 bridgehead atoms. The van der Waals surface area contributed by atoms with E-state index in [2.05, 4.69) is 21.9 Å². The average molecular weight is 357 g/mol. The Morgan fingerprint density at radius 1 is 1.15 bits per heavy atom. The number of para-hydroxylation sites is 2. The van der Waals surface area contributed by atoms with Crippen molar-refractivity contribution in [2.75, 3.05) is 20.1 Å². The second-order valence-corrected chi connectivity index (χ2v) is 6.82. The molecule has 1 aliphatic rings. The lowest BCUT2D eigenvalue weighted by atomic mass is 10.0. The standard InChI is InChI=1S/C20H21F2N3O/c1-25-10-8-14(9-11-25)26-19(15-7-6-13(21)12-16(15)22)20-23-17-4-2-3-5-18(17)24-20/h2-7,12,14,19H,8-11H2,1H3,(H,23,24). The number of halogens is 2. The van der Waals surface area contributed by atoms with Gasteiger partial charge in [0.25, 0.3) is 0 Å². The first-order chi connectivity index (χ1) is 12.6. The monoisotopic (exact) mass is 357 g/mol. The van der Waals surface area contributed by atoms with Crippen LogP contribution in [0.25, 0.3) is 11.0 Å². The van der Waals surface area contributed by atoms with Gasteiger partial charge in [0.1, 0.15) is 23.6 Å². The molecule has 0 radical (unpaired) electrons. The van der Waals surface area contributed by atoms with Gasteiger partial charge in [0.2, 0.25) is 0 Å². The lowest BCUT2D eigenvalue weighted by molar-refractivity contribution is -0.0276. The van der Waals surface area contributed by atoms with E-state index in [1.54, 1.807) is 0 Å². The van der Waals surface area contributed by atoms with Gasteiger partial charge >= 0.3 is 0 Å². The molecule has 3 aromatic rings. The third-order valence-corrected chi connectivity index (χ3v) is 4.90. The first kappa shape index (κ1) is 17.1. The molecule has 2 heterocycles. The van der Waals surface area contributed by atoms with E-state index in [0.29, 0.717) is 11.4 Å². The summed E-state index contributed by atoms with van der Waals surface area (Å²) in [5.41, 5.74) is 1.95. The van der Waals surface area contributed by atoms with E-state index in [0.717, 1.165) is 43.0 Å². The van der Waals surface area contributed by atoms with Gasteiger partial charge in [0.15, 0.2) is 0 Å². The summed E-state index contributed by atoms with van der Waals surface area (Å²) in [6.45, 7) is 1.87. The Bertz CT molecular complexity index is 870. The Balaban J connectivity index is 1.70. The van der Waals surface area contributed by atoms with Crippen molar-refractivity contribution < 1.29 is 13.5 Å². The number of imidazole rings is 1. The van der Waals surface area contributed by atoms with Crippen molar-refractivity contribution in [3.8, 4) is 0 Å². The number of aromatic amines is 1. The molecule has 0 spiro atoms. The minimum Gasteiger partial charge on any atom is -0.362 e. The number of hydrogen-bond acceptors (Lipinski definition) is 3. The summed E-state index contributed by atoms with van der Waals surface area (Å²) in [5.74, 6) is -0.687. The third-order valence-electron chi connectivity index (χ3n) is 4.90. The molecular formula is C20H21F2N3O. The number of rotatable bonds is 4. The van der Waals surface area contributed by atoms with Crippen molar-refractivity contribution in [3.63, 3.8) is 0 Å². The van der Waals surface area contributed by atoms with Crippen LogP contribution in [0.3, 0.4) is 0 Å². The van der Waals surface area contributed by atoms with Crippen LogP contribution in [-0.4, -0.2) is 41.1 Å². The van der Waals surface area contributed by atoms with Crippen molar-refractivity contribution in [1.82, 2.24) is 14.9 Å². The summed E-state index contributed by atoms with van der Waals surface area (Å²) < 4.78 is 34.1. The maximum atomic E-state index is 14.5. The first-order valence-electron chi connectivity index (χ1n) is 8.84.